The van der Waals surface area contributed by atoms with Gasteiger partial charge in [0.2, 0.25) is 0 Å². The van der Waals surface area contributed by atoms with Crippen molar-refractivity contribution in [2.24, 2.45) is 10.9 Å². The molecule has 6 nitrogen and oxygen atoms in total. The highest BCUT2D eigenvalue weighted by atomic mass is 32.2. The number of methoxy groups -OCH3 is 1. The van der Waals surface area contributed by atoms with Crippen LogP contribution in [0.15, 0.2) is 40.9 Å². The molecule has 110 valence electrons. The fourth-order valence-electron chi connectivity index (χ4n) is 1.71. The fraction of sp³-hybridized carbons (Fsp3) is 0.214. The van der Waals surface area contributed by atoms with Crippen LogP contribution >= 0.6 is 11.8 Å². The third kappa shape index (κ3) is 3.85. The molecule has 3 N–H and O–H groups in total. The molecule has 1 aromatic carbocycles. The number of nitrogens with zero attached hydrogens (tertiary/aromatic N) is 3. The number of hydrogen-bond acceptors (Lipinski definition) is 6. The van der Waals surface area contributed by atoms with Crippen LogP contribution in [0.5, 0.6) is 5.75 Å². The van der Waals surface area contributed by atoms with Crippen LogP contribution in [-0.4, -0.2) is 28.1 Å². The van der Waals surface area contributed by atoms with E-state index in [1.807, 2.05) is 13.0 Å². The molecule has 0 spiro atoms. The van der Waals surface area contributed by atoms with Gasteiger partial charge in [-0.3, -0.25) is 0 Å². The van der Waals surface area contributed by atoms with E-state index < -0.39 is 0 Å². The van der Waals surface area contributed by atoms with Crippen molar-refractivity contribution in [3.8, 4) is 5.75 Å². The number of aryl methyl sites for hydroxylation is 1. The second kappa shape index (κ2) is 6.94. The number of aromatic nitrogens is 2. The molecule has 0 saturated carbocycles. The van der Waals surface area contributed by atoms with Gasteiger partial charge >= 0.3 is 0 Å². The first kappa shape index (κ1) is 15.1. The number of benzene rings is 1. The van der Waals surface area contributed by atoms with Gasteiger partial charge in [0.05, 0.1) is 7.11 Å². The van der Waals surface area contributed by atoms with Gasteiger partial charge in [-0.1, -0.05) is 16.9 Å². The van der Waals surface area contributed by atoms with Crippen LogP contribution in [-0.2, 0) is 5.75 Å². The lowest BCUT2D eigenvalue weighted by atomic mass is 10.1. The van der Waals surface area contributed by atoms with Crippen molar-refractivity contribution in [1.29, 1.82) is 0 Å². The summed E-state index contributed by atoms with van der Waals surface area (Å²) >= 11 is 1.49. The normalized spacial score (nSPS) is 11.4. The minimum atomic E-state index is 0.0653. The summed E-state index contributed by atoms with van der Waals surface area (Å²) in [6, 6.07) is 5.36. The van der Waals surface area contributed by atoms with Crippen molar-refractivity contribution >= 4 is 17.6 Å². The Morgan fingerprint density at radius 3 is 2.71 bits per heavy atom. The Morgan fingerprint density at radius 2 is 2.10 bits per heavy atom. The quantitative estimate of drug-likeness (QED) is 0.220. The van der Waals surface area contributed by atoms with Gasteiger partial charge in [0.25, 0.3) is 0 Å². The van der Waals surface area contributed by atoms with Crippen LogP contribution in [0.2, 0.25) is 0 Å². The summed E-state index contributed by atoms with van der Waals surface area (Å²) in [5.41, 5.74) is 8.19. The van der Waals surface area contributed by atoms with Crippen LogP contribution in [0.3, 0.4) is 0 Å². The molecule has 0 aliphatic rings. The second-order valence-electron chi connectivity index (χ2n) is 4.34. The van der Waals surface area contributed by atoms with Crippen molar-refractivity contribution < 1.29 is 9.94 Å². The topological polar surface area (TPSA) is 93.6 Å². The van der Waals surface area contributed by atoms with Gasteiger partial charge in [0, 0.05) is 29.3 Å². The summed E-state index contributed by atoms with van der Waals surface area (Å²) < 4.78 is 5.32. The highest BCUT2D eigenvalue weighted by Gasteiger charge is 2.09. The molecule has 0 saturated heterocycles. The molecule has 1 aromatic heterocycles. The summed E-state index contributed by atoms with van der Waals surface area (Å²) in [4.78, 5) is 8.49. The Morgan fingerprint density at radius 1 is 1.38 bits per heavy atom. The molecule has 7 heteroatoms. The van der Waals surface area contributed by atoms with Gasteiger partial charge in [0.15, 0.2) is 11.0 Å². The Kier molecular flexibility index (Phi) is 4.99. The minimum absolute atomic E-state index is 0.0653. The van der Waals surface area contributed by atoms with E-state index in [1.165, 1.54) is 11.8 Å². The number of oxime groups is 1. The SMILES string of the molecule is COc1ccc(/C(N)=N/O)cc1CSc1ncc(C)cn1. The van der Waals surface area contributed by atoms with E-state index in [0.717, 1.165) is 16.9 Å². The second-order valence-corrected chi connectivity index (χ2v) is 5.29. The van der Waals surface area contributed by atoms with Crippen molar-refractivity contribution in [2.75, 3.05) is 7.11 Å². The first-order valence-corrected chi connectivity index (χ1v) is 7.19. The molecule has 21 heavy (non-hydrogen) atoms. The third-order valence-corrected chi connectivity index (χ3v) is 3.72. The first-order valence-electron chi connectivity index (χ1n) is 6.20. The molecule has 0 aliphatic heterocycles. The van der Waals surface area contributed by atoms with Crippen LogP contribution in [0, 0.1) is 6.92 Å². The molecule has 0 fully saturated rings. The number of ether oxygens (including phenoxy) is 1. The molecule has 0 bridgehead atoms. The highest BCUT2D eigenvalue weighted by molar-refractivity contribution is 7.98. The van der Waals surface area contributed by atoms with Crippen molar-refractivity contribution in [1.82, 2.24) is 9.97 Å². The molecule has 0 amide bonds. The summed E-state index contributed by atoms with van der Waals surface area (Å²) in [7, 11) is 1.61. The summed E-state index contributed by atoms with van der Waals surface area (Å²) in [6.07, 6.45) is 3.55. The van der Waals surface area contributed by atoms with E-state index in [0.29, 0.717) is 16.5 Å². The van der Waals surface area contributed by atoms with E-state index in [9.17, 15) is 0 Å². The number of nitrogens with two attached hydrogens (primary N) is 1. The van der Waals surface area contributed by atoms with E-state index in [2.05, 4.69) is 15.1 Å². The van der Waals surface area contributed by atoms with Crippen LogP contribution in [0.1, 0.15) is 16.7 Å². The van der Waals surface area contributed by atoms with Gasteiger partial charge in [-0.05, 0) is 30.7 Å². The lowest BCUT2D eigenvalue weighted by Crippen LogP contribution is -2.13. The van der Waals surface area contributed by atoms with Crippen LogP contribution < -0.4 is 10.5 Å². The van der Waals surface area contributed by atoms with Crippen LogP contribution in [0.4, 0.5) is 0 Å². The molecular weight excluding hydrogens is 288 g/mol. The number of rotatable bonds is 5. The van der Waals surface area contributed by atoms with Gasteiger partial charge < -0.3 is 15.7 Å². The van der Waals surface area contributed by atoms with Crippen molar-refractivity contribution in [3.63, 3.8) is 0 Å². The zero-order valence-electron chi connectivity index (χ0n) is 11.8. The van der Waals surface area contributed by atoms with Gasteiger partial charge in [-0.25, -0.2) is 9.97 Å². The summed E-state index contributed by atoms with van der Waals surface area (Å²) in [5.74, 6) is 1.43. The molecule has 2 aromatic rings. The van der Waals surface area contributed by atoms with E-state index in [4.69, 9.17) is 15.7 Å². The summed E-state index contributed by atoms with van der Waals surface area (Å²) in [6.45, 7) is 1.94. The van der Waals surface area contributed by atoms with Gasteiger partial charge in [0.1, 0.15) is 5.75 Å². The molecule has 1 heterocycles. The van der Waals surface area contributed by atoms with Gasteiger partial charge in [-0.15, -0.1) is 0 Å². The van der Waals surface area contributed by atoms with E-state index >= 15 is 0 Å². The molecule has 0 atom stereocenters. The number of amidine groups is 1. The van der Waals surface area contributed by atoms with Crippen molar-refractivity contribution in [2.45, 2.75) is 17.8 Å². The maximum atomic E-state index is 8.75. The predicted octanol–water partition coefficient (Wildman–Crippen LogP) is 2.18. The third-order valence-electron chi connectivity index (χ3n) is 2.80. The molecule has 0 radical (unpaired) electrons. The molecular formula is C14H16N4O2S. The van der Waals surface area contributed by atoms with E-state index in [1.54, 1.807) is 31.6 Å². The standard InChI is InChI=1S/C14H16N4O2S/c1-9-6-16-14(17-7-9)21-8-11-5-10(13(15)18-19)3-4-12(11)20-2/h3-7,19H,8H2,1-2H3,(H2,15,18). The minimum Gasteiger partial charge on any atom is -0.496 e. The Bertz CT molecular complexity index is 644. The fourth-order valence-corrected chi connectivity index (χ4v) is 2.47. The Labute approximate surface area is 127 Å². The zero-order valence-corrected chi connectivity index (χ0v) is 12.6. The number of hydrogen-bond donors (Lipinski definition) is 2. The average molecular weight is 304 g/mol. The van der Waals surface area contributed by atoms with E-state index in [-0.39, 0.29) is 5.84 Å². The maximum absolute atomic E-state index is 8.75. The Balaban J connectivity index is 2.19. The zero-order chi connectivity index (χ0) is 15.2. The smallest absolute Gasteiger partial charge is 0.187 e. The monoisotopic (exact) mass is 304 g/mol. The summed E-state index contributed by atoms with van der Waals surface area (Å²) in [5, 5.41) is 12.4. The first-order chi connectivity index (χ1) is 10.1. The largest absolute Gasteiger partial charge is 0.496 e. The molecule has 0 aliphatic carbocycles. The van der Waals surface area contributed by atoms with Crippen LogP contribution in [0.25, 0.3) is 0 Å². The van der Waals surface area contributed by atoms with Gasteiger partial charge in [-0.2, -0.15) is 0 Å². The Hall–Kier alpha value is -2.28. The highest BCUT2D eigenvalue weighted by Crippen LogP contribution is 2.27. The predicted molar refractivity (Wildman–Crippen MR) is 81.8 cm³/mol. The average Bonchev–Trinajstić information content (AvgIpc) is 2.53. The number of thioether (sulfide) groups is 1. The maximum Gasteiger partial charge on any atom is 0.187 e. The lowest BCUT2D eigenvalue weighted by molar-refractivity contribution is 0.318. The van der Waals surface area contributed by atoms with Crippen molar-refractivity contribution in [3.05, 3.63) is 47.3 Å². The molecule has 0 unspecified atom stereocenters. The molecule has 2 rings (SSSR count). The lowest BCUT2D eigenvalue weighted by Gasteiger charge is -2.09.